The number of rotatable bonds is 9. The molecule has 2 N–H and O–H groups in total. The van der Waals surface area contributed by atoms with Gasteiger partial charge < -0.3 is 20.1 Å². The molecule has 2 aromatic carbocycles. The van der Waals surface area contributed by atoms with Gasteiger partial charge in [0, 0.05) is 29.4 Å². The Kier molecular flexibility index (Phi) is 9.06. The highest BCUT2D eigenvalue weighted by Crippen LogP contribution is 2.39. The van der Waals surface area contributed by atoms with E-state index < -0.39 is 29.2 Å². The first-order valence-electron chi connectivity index (χ1n) is 13.5. The van der Waals surface area contributed by atoms with Crippen molar-refractivity contribution in [3.8, 4) is 0 Å². The second kappa shape index (κ2) is 12.9. The molecule has 0 saturated heterocycles. The van der Waals surface area contributed by atoms with Crippen LogP contribution < -0.4 is 10.6 Å². The molecule has 5 rings (SSSR count). The molecule has 0 unspecified atom stereocenters. The molecule has 11 heteroatoms. The van der Waals surface area contributed by atoms with Crippen molar-refractivity contribution in [2.24, 2.45) is 0 Å². The van der Waals surface area contributed by atoms with Gasteiger partial charge in [-0.2, -0.15) is 0 Å². The average molecular weight is 594 g/mol. The smallest absolute Gasteiger partial charge is 0.341 e. The minimum absolute atomic E-state index is 0.179. The zero-order chi connectivity index (χ0) is 28.9. The number of thiophene rings is 1. The minimum Gasteiger partial charge on any atom is -0.462 e. The van der Waals surface area contributed by atoms with Gasteiger partial charge in [-0.1, -0.05) is 42.5 Å². The largest absolute Gasteiger partial charge is 0.462 e. The van der Waals surface area contributed by atoms with Gasteiger partial charge in [-0.3, -0.25) is 19.3 Å². The summed E-state index contributed by atoms with van der Waals surface area (Å²) in [7, 11) is 0. The van der Waals surface area contributed by atoms with Crippen molar-refractivity contribution in [2.75, 3.05) is 23.8 Å². The number of benzene rings is 2. The van der Waals surface area contributed by atoms with Crippen LogP contribution >= 0.6 is 23.1 Å². The molecule has 0 fully saturated rings. The van der Waals surface area contributed by atoms with E-state index in [0.717, 1.165) is 28.4 Å². The highest BCUT2D eigenvalue weighted by Gasteiger charge is 2.33. The van der Waals surface area contributed by atoms with Gasteiger partial charge in [0.25, 0.3) is 5.91 Å². The van der Waals surface area contributed by atoms with E-state index in [1.165, 1.54) is 35.6 Å². The summed E-state index contributed by atoms with van der Waals surface area (Å²) in [6.07, 6.45) is -0.659. The fraction of sp³-hybridized carbons (Fsp3) is 0.333. The molecule has 2 amide bonds. The van der Waals surface area contributed by atoms with Crippen LogP contribution in [0.5, 0.6) is 0 Å². The predicted octanol–water partition coefficient (Wildman–Crippen LogP) is 4.86. The molecule has 0 spiro atoms. The summed E-state index contributed by atoms with van der Waals surface area (Å²) in [5.41, 5.74) is 3.17. The number of nitrogens with one attached hydrogen (secondary N) is 2. The molecule has 1 aromatic heterocycles. The van der Waals surface area contributed by atoms with E-state index in [9.17, 15) is 19.2 Å². The first-order valence-corrected chi connectivity index (χ1v) is 15.2. The Bertz CT molecular complexity index is 1460. The Morgan fingerprint density at radius 1 is 1.12 bits per heavy atom. The fourth-order valence-corrected chi connectivity index (χ4v) is 7.21. The maximum absolute atomic E-state index is 13.1. The van der Waals surface area contributed by atoms with Crippen molar-refractivity contribution in [3.63, 3.8) is 0 Å². The minimum atomic E-state index is -1.13. The Morgan fingerprint density at radius 3 is 2.66 bits per heavy atom. The van der Waals surface area contributed by atoms with Crippen LogP contribution in [0.25, 0.3) is 0 Å². The van der Waals surface area contributed by atoms with Crippen molar-refractivity contribution in [3.05, 3.63) is 76.2 Å². The summed E-state index contributed by atoms with van der Waals surface area (Å²) < 4.78 is 10.7. The van der Waals surface area contributed by atoms with Gasteiger partial charge in [0.1, 0.15) is 5.00 Å². The van der Waals surface area contributed by atoms with E-state index >= 15 is 0 Å². The highest BCUT2D eigenvalue weighted by molar-refractivity contribution is 8.01. The maximum Gasteiger partial charge on any atom is 0.341 e. The van der Waals surface area contributed by atoms with E-state index in [1.807, 2.05) is 36.4 Å². The number of hydrogen-bond donors (Lipinski definition) is 2. The van der Waals surface area contributed by atoms with Gasteiger partial charge in [-0.05, 0) is 43.5 Å². The molecule has 3 aromatic rings. The number of para-hydroxylation sites is 1. The number of ether oxygens (including phenoxy) is 2. The number of hydrogen-bond acceptors (Lipinski definition) is 9. The third-order valence-corrected chi connectivity index (χ3v) is 9.24. The number of nitrogens with zero attached hydrogens (tertiary/aromatic N) is 1. The van der Waals surface area contributed by atoms with Crippen LogP contribution in [-0.4, -0.2) is 53.2 Å². The van der Waals surface area contributed by atoms with Crippen LogP contribution in [0.15, 0.2) is 59.5 Å². The maximum atomic E-state index is 13.1. The molecular formula is C30H31N3O6S2. The molecule has 0 saturated carbocycles. The molecule has 0 bridgehead atoms. The summed E-state index contributed by atoms with van der Waals surface area (Å²) in [5, 5.41) is 5.33. The van der Waals surface area contributed by atoms with Gasteiger partial charge in [0.2, 0.25) is 5.91 Å². The molecule has 214 valence electrons. The Labute approximate surface area is 246 Å². The number of anilines is 2. The van der Waals surface area contributed by atoms with Gasteiger partial charge in [-0.25, -0.2) is 4.79 Å². The predicted molar refractivity (Wildman–Crippen MR) is 158 cm³/mol. The van der Waals surface area contributed by atoms with Crippen LogP contribution in [0.1, 0.15) is 46.6 Å². The van der Waals surface area contributed by atoms with E-state index in [-0.39, 0.29) is 18.9 Å². The van der Waals surface area contributed by atoms with Crippen molar-refractivity contribution >= 4 is 57.5 Å². The highest BCUT2D eigenvalue weighted by atomic mass is 32.2. The van der Waals surface area contributed by atoms with Crippen LogP contribution in [0.3, 0.4) is 0 Å². The average Bonchev–Trinajstić information content (AvgIpc) is 3.31. The van der Waals surface area contributed by atoms with Gasteiger partial charge in [0.05, 0.1) is 29.5 Å². The lowest BCUT2D eigenvalue weighted by Crippen LogP contribution is -2.34. The Balaban J connectivity index is 1.24. The third-order valence-electron chi connectivity index (χ3n) is 6.84. The van der Waals surface area contributed by atoms with Crippen molar-refractivity contribution < 1.29 is 28.7 Å². The Hall–Kier alpha value is -3.67. The van der Waals surface area contributed by atoms with Crippen LogP contribution in [-0.2, 0) is 43.4 Å². The topological polar surface area (TPSA) is 114 Å². The van der Waals surface area contributed by atoms with Crippen molar-refractivity contribution in [1.82, 2.24) is 4.90 Å². The number of fused-ring (bicyclic) bond motifs is 2. The standard InChI is InChI=1S/C30H31N3O6S2/c1-3-38-30(37)26-20-13-14-33(16-19-9-5-4-6-10-19)17-24(20)41-29(26)32-27(35)18(2)39-25(34)15-23-28(36)31-21-11-7-8-12-22(21)40-23/h4-12,18,23H,3,13-17H2,1-2H3,(H,31,36)(H,32,35)/t18-,23-/m1/s1. The van der Waals surface area contributed by atoms with Gasteiger partial charge in [-0.15, -0.1) is 23.1 Å². The molecule has 2 aliphatic heterocycles. The summed E-state index contributed by atoms with van der Waals surface area (Å²) in [6.45, 7) is 5.61. The van der Waals surface area contributed by atoms with Gasteiger partial charge in [0.15, 0.2) is 6.10 Å². The quantitative estimate of drug-likeness (QED) is 0.339. The van der Waals surface area contributed by atoms with E-state index in [4.69, 9.17) is 9.47 Å². The summed E-state index contributed by atoms with van der Waals surface area (Å²) in [6, 6.07) is 17.5. The number of carbonyl (C=O) groups is 4. The summed E-state index contributed by atoms with van der Waals surface area (Å²) >= 11 is 2.64. The normalized spacial score (nSPS) is 17.0. The molecule has 9 nitrogen and oxygen atoms in total. The number of carbonyl (C=O) groups excluding carboxylic acids is 4. The molecule has 3 heterocycles. The first kappa shape index (κ1) is 28.8. The molecule has 41 heavy (non-hydrogen) atoms. The van der Waals surface area contributed by atoms with Crippen LogP contribution in [0.4, 0.5) is 10.7 Å². The third kappa shape index (κ3) is 6.80. The zero-order valence-corrected chi connectivity index (χ0v) is 24.4. The number of esters is 2. The van der Waals surface area contributed by atoms with Crippen LogP contribution in [0.2, 0.25) is 0 Å². The van der Waals surface area contributed by atoms with E-state index in [1.54, 1.807) is 13.0 Å². The summed E-state index contributed by atoms with van der Waals surface area (Å²) in [4.78, 5) is 55.3. The van der Waals surface area contributed by atoms with Crippen LogP contribution in [0, 0.1) is 0 Å². The molecule has 2 atom stereocenters. The second-order valence-electron chi connectivity index (χ2n) is 9.79. The van der Waals surface area contributed by atoms with Gasteiger partial charge >= 0.3 is 11.9 Å². The molecule has 2 aliphatic rings. The molecular weight excluding hydrogens is 562 g/mol. The lowest BCUT2D eigenvalue weighted by molar-refractivity contribution is -0.153. The van der Waals surface area contributed by atoms with Crippen molar-refractivity contribution in [1.29, 1.82) is 0 Å². The van der Waals surface area contributed by atoms with E-state index in [2.05, 4.69) is 27.7 Å². The summed E-state index contributed by atoms with van der Waals surface area (Å²) in [5.74, 6) is -1.99. The zero-order valence-electron chi connectivity index (χ0n) is 22.8. The monoisotopic (exact) mass is 593 g/mol. The first-order chi connectivity index (χ1) is 19.8. The lowest BCUT2D eigenvalue weighted by Gasteiger charge is -2.27. The van der Waals surface area contributed by atoms with E-state index in [0.29, 0.717) is 29.2 Å². The lowest BCUT2D eigenvalue weighted by atomic mass is 10.0. The number of amides is 2. The fourth-order valence-electron chi connectivity index (χ4n) is 4.83. The number of thioether (sulfide) groups is 1. The second-order valence-corrected chi connectivity index (χ2v) is 12.1. The molecule has 0 aliphatic carbocycles. The SMILES string of the molecule is CCOC(=O)c1c(NC(=O)[C@@H](C)OC(=O)C[C@H]2Sc3ccccc3NC2=O)sc2c1CCN(Cc1ccccc1)C2. The molecule has 0 radical (unpaired) electrons. The van der Waals surface area contributed by atoms with Crippen molar-refractivity contribution in [2.45, 2.75) is 56.0 Å². The Morgan fingerprint density at radius 2 is 1.88 bits per heavy atom.